The molecule has 7 heteroatoms. The average molecular weight is 308 g/mol. The molecule has 1 unspecified atom stereocenters. The van der Waals surface area contributed by atoms with Crippen molar-refractivity contribution in [2.45, 2.75) is 19.3 Å². The second kappa shape index (κ2) is 9.68. The van der Waals surface area contributed by atoms with E-state index in [9.17, 15) is 8.42 Å². The summed E-state index contributed by atoms with van der Waals surface area (Å²) in [5.41, 5.74) is 0. The van der Waals surface area contributed by atoms with E-state index in [1.54, 1.807) is 18.5 Å². The summed E-state index contributed by atoms with van der Waals surface area (Å²) in [6.45, 7) is 3.72. The minimum Gasteiger partial charge on any atom is -0.385 e. The Hall–Kier alpha value is -0.210. The molecule has 0 radical (unpaired) electrons. The highest BCUT2D eigenvalue weighted by atomic mass is 32.2. The second-order valence-electron chi connectivity index (χ2n) is 5.23. The summed E-state index contributed by atoms with van der Waals surface area (Å²) in [6, 6.07) is 0. The first-order valence-electron chi connectivity index (χ1n) is 7.26. The first-order valence-corrected chi connectivity index (χ1v) is 8.87. The number of hydrogen-bond acceptors (Lipinski definition) is 5. The molecule has 0 spiro atoms. The van der Waals surface area contributed by atoms with Crippen molar-refractivity contribution in [1.29, 1.82) is 0 Å². The van der Waals surface area contributed by atoms with Crippen molar-refractivity contribution in [1.82, 2.24) is 9.62 Å². The average Bonchev–Trinajstić information content (AvgIpc) is 2.43. The molecule has 1 N–H and O–H groups in total. The van der Waals surface area contributed by atoms with Gasteiger partial charge >= 0.3 is 0 Å². The maximum Gasteiger partial charge on any atom is 0.214 e. The molecule has 1 rings (SSSR count). The molecular weight excluding hydrogens is 280 g/mol. The van der Waals surface area contributed by atoms with Crippen molar-refractivity contribution in [3.63, 3.8) is 0 Å². The molecule has 0 aromatic heterocycles. The minimum absolute atomic E-state index is 0.223. The molecule has 0 aliphatic carbocycles. The van der Waals surface area contributed by atoms with Gasteiger partial charge in [0, 0.05) is 33.9 Å². The Bertz CT molecular complexity index is 342. The molecule has 0 amide bonds. The van der Waals surface area contributed by atoms with Gasteiger partial charge in [-0.1, -0.05) is 0 Å². The lowest BCUT2D eigenvalue weighted by Gasteiger charge is -2.27. The van der Waals surface area contributed by atoms with Crippen molar-refractivity contribution >= 4 is 10.0 Å². The van der Waals surface area contributed by atoms with Crippen LogP contribution in [0.2, 0.25) is 0 Å². The van der Waals surface area contributed by atoms with Gasteiger partial charge in [0.1, 0.15) is 0 Å². The molecule has 1 fully saturated rings. The molecule has 1 heterocycles. The van der Waals surface area contributed by atoms with Gasteiger partial charge in [-0.25, -0.2) is 8.42 Å². The van der Waals surface area contributed by atoms with E-state index in [1.807, 2.05) is 0 Å². The summed E-state index contributed by atoms with van der Waals surface area (Å²) >= 11 is 0. The van der Waals surface area contributed by atoms with Crippen molar-refractivity contribution in [2.24, 2.45) is 5.92 Å². The van der Waals surface area contributed by atoms with Gasteiger partial charge in [0.25, 0.3) is 0 Å². The number of sulfonamides is 1. The Morgan fingerprint density at radius 2 is 1.95 bits per heavy atom. The fourth-order valence-electron chi connectivity index (χ4n) is 2.44. The SMILES string of the molecule is COCCCN(CCOC)S(=O)(=O)CC1CCCNC1. The third-order valence-electron chi connectivity index (χ3n) is 3.54. The van der Waals surface area contributed by atoms with E-state index in [0.717, 1.165) is 25.9 Å². The fourth-order valence-corrected chi connectivity index (χ4v) is 4.29. The number of nitrogens with zero attached hydrogens (tertiary/aromatic N) is 1. The molecular formula is C13H28N2O4S. The summed E-state index contributed by atoms with van der Waals surface area (Å²) in [5.74, 6) is 0.456. The van der Waals surface area contributed by atoms with Crippen LogP contribution in [0.5, 0.6) is 0 Å². The lowest BCUT2D eigenvalue weighted by atomic mass is 10.0. The van der Waals surface area contributed by atoms with E-state index in [1.165, 1.54) is 0 Å². The highest BCUT2D eigenvalue weighted by molar-refractivity contribution is 7.89. The minimum atomic E-state index is -3.22. The van der Waals surface area contributed by atoms with Gasteiger partial charge in [-0.15, -0.1) is 0 Å². The Kier molecular flexibility index (Phi) is 8.63. The van der Waals surface area contributed by atoms with Crippen molar-refractivity contribution in [3.8, 4) is 0 Å². The summed E-state index contributed by atoms with van der Waals surface area (Å²) in [4.78, 5) is 0. The molecule has 20 heavy (non-hydrogen) atoms. The van der Waals surface area contributed by atoms with Crippen LogP contribution >= 0.6 is 0 Å². The topological polar surface area (TPSA) is 67.9 Å². The fraction of sp³-hybridized carbons (Fsp3) is 1.00. The maximum absolute atomic E-state index is 12.5. The molecule has 0 aromatic carbocycles. The van der Waals surface area contributed by atoms with E-state index in [0.29, 0.717) is 32.7 Å². The summed E-state index contributed by atoms with van der Waals surface area (Å²) in [5, 5.41) is 3.26. The Morgan fingerprint density at radius 1 is 1.20 bits per heavy atom. The zero-order chi connectivity index (χ0) is 14.8. The number of ether oxygens (including phenoxy) is 2. The largest absolute Gasteiger partial charge is 0.385 e. The quantitative estimate of drug-likeness (QED) is 0.588. The van der Waals surface area contributed by atoms with Crippen molar-refractivity contribution < 1.29 is 17.9 Å². The van der Waals surface area contributed by atoms with E-state index < -0.39 is 10.0 Å². The first kappa shape index (κ1) is 17.8. The lowest BCUT2D eigenvalue weighted by molar-refractivity contribution is 0.164. The van der Waals surface area contributed by atoms with Gasteiger partial charge in [-0.05, 0) is 38.3 Å². The van der Waals surface area contributed by atoms with Gasteiger partial charge in [0.15, 0.2) is 0 Å². The van der Waals surface area contributed by atoms with Crippen LogP contribution in [-0.4, -0.2) is 72.1 Å². The Labute approximate surface area is 122 Å². The number of hydrogen-bond donors (Lipinski definition) is 1. The predicted molar refractivity (Wildman–Crippen MR) is 79.3 cm³/mol. The van der Waals surface area contributed by atoms with Gasteiger partial charge in [0.05, 0.1) is 12.4 Å². The van der Waals surface area contributed by atoms with Crippen LogP contribution in [0.1, 0.15) is 19.3 Å². The standard InChI is InChI=1S/C13H28N2O4S/c1-18-9-4-7-15(8-10-19-2)20(16,17)12-13-5-3-6-14-11-13/h13-14H,3-12H2,1-2H3. The van der Waals surface area contributed by atoms with Gasteiger partial charge in [0.2, 0.25) is 10.0 Å². The van der Waals surface area contributed by atoms with Crippen molar-refractivity contribution in [3.05, 3.63) is 0 Å². The summed E-state index contributed by atoms with van der Waals surface area (Å²) in [7, 11) is -0.00194. The van der Waals surface area contributed by atoms with Crippen LogP contribution in [-0.2, 0) is 19.5 Å². The van der Waals surface area contributed by atoms with Crippen LogP contribution in [0.15, 0.2) is 0 Å². The van der Waals surface area contributed by atoms with Crippen LogP contribution in [0, 0.1) is 5.92 Å². The number of piperidine rings is 1. The number of rotatable bonds is 10. The summed E-state index contributed by atoms with van der Waals surface area (Å²) in [6.07, 6.45) is 2.76. The smallest absolute Gasteiger partial charge is 0.214 e. The first-order chi connectivity index (χ1) is 9.60. The third kappa shape index (κ3) is 6.49. The molecule has 120 valence electrons. The van der Waals surface area contributed by atoms with E-state index in [2.05, 4.69) is 5.32 Å². The molecule has 0 saturated carbocycles. The predicted octanol–water partition coefficient (Wildman–Crippen LogP) is 0.301. The van der Waals surface area contributed by atoms with Gasteiger partial charge in [-0.3, -0.25) is 0 Å². The zero-order valence-corrected chi connectivity index (χ0v) is 13.5. The molecule has 1 aliphatic rings. The molecule has 0 bridgehead atoms. The monoisotopic (exact) mass is 308 g/mol. The molecule has 6 nitrogen and oxygen atoms in total. The lowest BCUT2D eigenvalue weighted by Crippen LogP contribution is -2.41. The highest BCUT2D eigenvalue weighted by Gasteiger charge is 2.26. The maximum atomic E-state index is 12.5. The van der Waals surface area contributed by atoms with Crippen LogP contribution in [0.3, 0.4) is 0 Å². The summed E-state index contributed by atoms with van der Waals surface area (Å²) < 4.78 is 36.6. The highest BCUT2D eigenvalue weighted by Crippen LogP contribution is 2.15. The van der Waals surface area contributed by atoms with Crippen LogP contribution < -0.4 is 5.32 Å². The third-order valence-corrected chi connectivity index (χ3v) is 5.58. The molecule has 1 saturated heterocycles. The zero-order valence-electron chi connectivity index (χ0n) is 12.6. The molecule has 0 aromatic rings. The van der Waals surface area contributed by atoms with Crippen LogP contribution in [0.4, 0.5) is 0 Å². The molecule has 1 aliphatic heterocycles. The number of nitrogens with one attached hydrogen (secondary N) is 1. The Morgan fingerprint density at radius 3 is 2.55 bits per heavy atom. The second-order valence-corrected chi connectivity index (χ2v) is 7.24. The van der Waals surface area contributed by atoms with Crippen molar-refractivity contribution in [2.75, 3.05) is 59.4 Å². The van der Waals surface area contributed by atoms with E-state index in [-0.39, 0.29) is 11.7 Å². The molecule has 1 atom stereocenters. The van der Waals surface area contributed by atoms with Crippen LogP contribution in [0.25, 0.3) is 0 Å². The Balaban J connectivity index is 2.54. The number of methoxy groups -OCH3 is 2. The van der Waals surface area contributed by atoms with E-state index in [4.69, 9.17) is 9.47 Å². The van der Waals surface area contributed by atoms with Gasteiger partial charge in [-0.2, -0.15) is 4.31 Å². The normalized spacial score (nSPS) is 20.4. The van der Waals surface area contributed by atoms with E-state index >= 15 is 0 Å². The van der Waals surface area contributed by atoms with Gasteiger partial charge < -0.3 is 14.8 Å².